The van der Waals surface area contributed by atoms with Crippen LogP contribution in [0.3, 0.4) is 0 Å². The van der Waals surface area contributed by atoms with Crippen LogP contribution < -0.4 is 10.5 Å². The molecule has 0 fully saturated rings. The van der Waals surface area contributed by atoms with Gasteiger partial charge in [0.05, 0.1) is 12.0 Å². The van der Waals surface area contributed by atoms with Crippen LogP contribution in [-0.2, 0) is 0 Å². The molecule has 70 valence electrons. The van der Waals surface area contributed by atoms with E-state index in [0.717, 1.165) is 6.34 Å². The van der Waals surface area contributed by atoms with Crippen molar-refractivity contribution in [3.05, 3.63) is 24.3 Å². The molecule has 0 saturated heterocycles. The van der Waals surface area contributed by atoms with Crippen molar-refractivity contribution >= 4 is 12.0 Å². The van der Waals surface area contributed by atoms with Gasteiger partial charge in [-0.1, -0.05) is 0 Å². The smallest absolute Gasteiger partial charge is 0.387 e. The third-order valence-corrected chi connectivity index (χ3v) is 1.29. The van der Waals surface area contributed by atoms with Crippen LogP contribution in [0.4, 0.5) is 14.5 Å². The number of halogens is 2. The maximum absolute atomic E-state index is 11.7. The van der Waals surface area contributed by atoms with Gasteiger partial charge in [0.2, 0.25) is 0 Å². The van der Waals surface area contributed by atoms with E-state index in [9.17, 15) is 8.78 Å². The summed E-state index contributed by atoms with van der Waals surface area (Å²) in [5.74, 6) is 0.103. The summed E-state index contributed by atoms with van der Waals surface area (Å²) in [4.78, 5) is 3.74. The molecule has 1 aromatic carbocycles. The molecule has 0 saturated carbocycles. The van der Waals surface area contributed by atoms with Crippen molar-refractivity contribution in [3.63, 3.8) is 0 Å². The van der Waals surface area contributed by atoms with E-state index in [0.29, 0.717) is 5.69 Å². The summed E-state index contributed by atoms with van der Waals surface area (Å²) in [6.07, 6.45) is 1.13. The van der Waals surface area contributed by atoms with Crippen LogP contribution in [-0.4, -0.2) is 13.0 Å². The Morgan fingerprint density at radius 1 is 1.31 bits per heavy atom. The standard InChI is InChI=1S/C8H8F2N2O/c9-8(10)13-7-3-1-6(2-4-7)12-5-11/h1-5,8H,(H2,11,12). The van der Waals surface area contributed by atoms with Crippen LogP contribution in [0, 0.1) is 0 Å². The average Bonchev–Trinajstić information content (AvgIpc) is 2.08. The Morgan fingerprint density at radius 3 is 2.38 bits per heavy atom. The van der Waals surface area contributed by atoms with E-state index in [2.05, 4.69) is 9.73 Å². The molecule has 0 atom stereocenters. The van der Waals surface area contributed by atoms with E-state index in [1.165, 1.54) is 24.3 Å². The molecule has 0 heterocycles. The minimum absolute atomic E-state index is 0.103. The zero-order valence-electron chi connectivity index (χ0n) is 6.65. The van der Waals surface area contributed by atoms with Gasteiger partial charge in [-0.3, -0.25) is 0 Å². The lowest BCUT2D eigenvalue weighted by Gasteiger charge is -2.03. The second-order valence-corrected chi connectivity index (χ2v) is 2.15. The molecule has 0 aromatic heterocycles. The molecule has 5 heteroatoms. The van der Waals surface area contributed by atoms with E-state index < -0.39 is 6.61 Å². The highest BCUT2D eigenvalue weighted by molar-refractivity contribution is 5.59. The van der Waals surface area contributed by atoms with Crippen molar-refractivity contribution in [3.8, 4) is 5.75 Å². The number of nitrogens with two attached hydrogens (primary N) is 1. The third-order valence-electron chi connectivity index (χ3n) is 1.29. The minimum atomic E-state index is -2.80. The van der Waals surface area contributed by atoms with Gasteiger partial charge in [0, 0.05) is 0 Å². The molecule has 1 aromatic rings. The molecule has 0 aliphatic heterocycles. The first-order valence-electron chi connectivity index (χ1n) is 3.51. The quantitative estimate of drug-likeness (QED) is 0.579. The predicted molar refractivity (Wildman–Crippen MR) is 45.4 cm³/mol. The number of hydrogen-bond donors (Lipinski definition) is 1. The van der Waals surface area contributed by atoms with E-state index in [1.807, 2.05) is 0 Å². The summed E-state index contributed by atoms with van der Waals surface area (Å²) in [6.45, 7) is -2.80. The zero-order chi connectivity index (χ0) is 9.68. The Balaban J connectivity index is 2.69. The van der Waals surface area contributed by atoms with Gasteiger partial charge in [0.1, 0.15) is 5.75 Å². The lowest BCUT2D eigenvalue weighted by molar-refractivity contribution is -0.0498. The lowest BCUT2D eigenvalue weighted by atomic mass is 10.3. The van der Waals surface area contributed by atoms with Gasteiger partial charge in [-0.05, 0) is 24.3 Å². The molecule has 13 heavy (non-hydrogen) atoms. The van der Waals surface area contributed by atoms with Crippen LogP contribution in [0.2, 0.25) is 0 Å². The summed E-state index contributed by atoms with van der Waals surface area (Å²) in [6, 6.07) is 5.85. The van der Waals surface area contributed by atoms with Crippen LogP contribution in [0.1, 0.15) is 0 Å². The van der Waals surface area contributed by atoms with Crippen LogP contribution in [0.25, 0.3) is 0 Å². The molecular formula is C8H8F2N2O. The van der Waals surface area contributed by atoms with Gasteiger partial charge in [-0.25, -0.2) is 4.99 Å². The van der Waals surface area contributed by atoms with Gasteiger partial charge in [-0.15, -0.1) is 0 Å². The van der Waals surface area contributed by atoms with Crippen molar-refractivity contribution in [1.29, 1.82) is 0 Å². The number of nitrogens with zero attached hydrogens (tertiary/aromatic N) is 1. The molecule has 0 spiro atoms. The number of hydrogen-bond acceptors (Lipinski definition) is 2. The average molecular weight is 186 g/mol. The molecular weight excluding hydrogens is 178 g/mol. The van der Waals surface area contributed by atoms with Crippen molar-refractivity contribution in [2.75, 3.05) is 0 Å². The van der Waals surface area contributed by atoms with E-state index in [-0.39, 0.29) is 5.75 Å². The molecule has 0 unspecified atom stereocenters. The molecule has 3 nitrogen and oxygen atoms in total. The summed E-state index contributed by atoms with van der Waals surface area (Å²) < 4.78 is 27.5. The number of aliphatic imine (C=N–C) groups is 1. The minimum Gasteiger partial charge on any atom is -0.435 e. The lowest BCUT2D eigenvalue weighted by Crippen LogP contribution is -2.01. The predicted octanol–water partition coefficient (Wildman–Crippen LogP) is 1.91. The molecule has 0 radical (unpaired) electrons. The highest BCUT2D eigenvalue weighted by Gasteiger charge is 2.02. The highest BCUT2D eigenvalue weighted by Crippen LogP contribution is 2.18. The molecule has 0 aliphatic carbocycles. The normalized spacial score (nSPS) is 11.0. The Hall–Kier alpha value is -1.65. The van der Waals surface area contributed by atoms with Gasteiger partial charge in [-0.2, -0.15) is 8.78 Å². The first-order valence-corrected chi connectivity index (χ1v) is 3.51. The molecule has 2 N–H and O–H groups in total. The maximum Gasteiger partial charge on any atom is 0.387 e. The summed E-state index contributed by atoms with van der Waals surface area (Å²) >= 11 is 0. The second-order valence-electron chi connectivity index (χ2n) is 2.15. The number of ether oxygens (including phenoxy) is 1. The van der Waals surface area contributed by atoms with Gasteiger partial charge >= 0.3 is 6.61 Å². The number of alkyl halides is 2. The highest BCUT2D eigenvalue weighted by atomic mass is 19.3. The fraction of sp³-hybridized carbons (Fsp3) is 0.125. The van der Waals surface area contributed by atoms with Crippen molar-refractivity contribution < 1.29 is 13.5 Å². The maximum atomic E-state index is 11.7. The van der Waals surface area contributed by atoms with Crippen molar-refractivity contribution in [2.45, 2.75) is 6.61 Å². The summed E-state index contributed by atoms with van der Waals surface area (Å²) in [5.41, 5.74) is 5.62. The number of rotatable bonds is 3. The van der Waals surface area contributed by atoms with E-state index in [1.54, 1.807) is 0 Å². The van der Waals surface area contributed by atoms with Crippen molar-refractivity contribution in [1.82, 2.24) is 0 Å². The van der Waals surface area contributed by atoms with Gasteiger partial charge in [0.25, 0.3) is 0 Å². The third kappa shape index (κ3) is 3.06. The largest absolute Gasteiger partial charge is 0.435 e. The fourth-order valence-electron chi connectivity index (χ4n) is 0.800. The van der Waals surface area contributed by atoms with E-state index >= 15 is 0 Å². The van der Waals surface area contributed by atoms with Gasteiger partial charge in [0.15, 0.2) is 0 Å². The zero-order valence-corrected chi connectivity index (χ0v) is 6.65. The Labute approximate surface area is 73.8 Å². The monoisotopic (exact) mass is 186 g/mol. The second kappa shape index (κ2) is 4.39. The number of benzene rings is 1. The fourth-order valence-corrected chi connectivity index (χ4v) is 0.800. The van der Waals surface area contributed by atoms with E-state index in [4.69, 9.17) is 5.73 Å². The Morgan fingerprint density at radius 2 is 1.92 bits per heavy atom. The SMILES string of the molecule is NC=Nc1ccc(OC(F)F)cc1. The summed E-state index contributed by atoms with van der Waals surface area (Å²) in [7, 11) is 0. The Bertz CT molecular complexity index is 285. The van der Waals surface area contributed by atoms with Crippen molar-refractivity contribution in [2.24, 2.45) is 10.7 Å². The topological polar surface area (TPSA) is 47.6 Å². The first kappa shape index (κ1) is 9.44. The van der Waals surface area contributed by atoms with Crippen LogP contribution >= 0.6 is 0 Å². The molecule has 1 rings (SSSR count). The van der Waals surface area contributed by atoms with Crippen LogP contribution in [0.15, 0.2) is 29.3 Å². The molecule has 0 aliphatic rings. The van der Waals surface area contributed by atoms with Crippen LogP contribution in [0.5, 0.6) is 5.75 Å². The van der Waals surface area contributed by atoms with Gasteiger partial charge < -0.3 is 10.5 Å². The first-order chi connectivity index (χ1) is 6.22. The Kier molecular flexibility index (Phi) is 3.19. The molecule has 0 amide bonds. The molecule has 0 bridgehead atoms. The summed E-state index contributed by atoms with van der Waals surface area (Å²) in [5, 5.41) is 0.